The molecular formula is C16H21N3. The Bertz CT molecular complexity index is 529. The van der Waals surface area contributed by atoms with Crippen molar-refractivity contribution in [2.45, 2.75) is 50.4 Å². The average Bonchev–Trinajstić information content (AvgIpc) is 2.99. The van der Waals surface area contributed by atoms with Gasteiger partial charge in [-0.1, -0.05) is 18.2 Å². The molecule has 0 saturated carbocycles. The summed E-state index contributed by atoms with van der Waals surface area (Å²) in [6.07, 6.45) is 5.32. The summed E-state index contributed by atoms with van der Waals surface area (Å²) >= 11 is 0. The van der Waals surface area contributed by atoms with Gasteiger partial charge in [0.1, 0.15) is 0 Å². The van der Waals surface area contributed by atoms with Gasteiger partial charge in [-0.2, -0.15) is 0 Å². The molecule has 2 bridgehead atoms. The minimum atomic E-state index is 0.685. The standard InChI is InChI=1S/C16H21N3/c1-2-4-16-11(3-1)7-15(19-16)10-17-14-8-12-5-6-13(9-14)18-12/h1-4,7,12-14,17-19H,5-6,8-10H2. The van der Waals surface area contributed by atoms with Crippen molar-refractivity contribution in [1.29, 1.82) is 0 Å². The molecule has 3 nitrogen and oxygen atoms in total. The highest BCUT2D eigenvalue weighted by Gasteiger charge is 2.32. The van der Waals surface area contributed by atoms with Crippen LogP contribution in [0.2, 0.25) is 0 Å². The maximum absolute atomic E-state index is 3.73. The van der Waals surface area contributed by atoms with Gasteiger partial charge in [-0.3, -0.25) is 0 Å². The van der Waals surface area contributed by atoms with E-state index in [0.717, 1.165) is 18.6 Å². The summed E-state index contributed by atoms with van der Waals surface area (Å²) in [4.78, 5) is 3.50. The van der Waals surface area contributed by atoms with Crippen LogP contribution < -0.4 is 10.6 Å². The molecule has 2 aromatic rings. The third-order valence-electron chi connectivity index (χ3n) is 4.64. The van der Waals surface area contributed by atoms with E-state index in [0.29, 0.717) is 6.04 Å². The van der Waals surface area contributed by atoms with Gasteiger partial charge in [0.05, 0.1) is 0 Å². The van der Waals surface area contributed by atoms with Crippen molar-refractivity contribution in [3.05, 3.63) is 36.0 Å². The Kier molecular flexibility index (Phi) is 2.82. The molecule has 0 amide bonds. The van der Waals surface area contributed by atoms with Crippen LogP contribution in [-0.2, 0) is 6.54 Å². The second-order valence-corrected chi connectivity index (χ2v) is 6.07. The lowest BCUT2D eigenvalue weighted by Crippen LogP contribution is -2.46. The fourth-order valence-corrected chi connectivity index (χ4v) is 3.71. The second kappa shape index (κ2) is 4.66. The summed E-state index contributed by atoms with van der Waals surface area (Å²) in [7, 11) is 0. The van der Waals surface area contributed by atoms with E-state index < -0.39 is 0 Å². The summed E-state index contributed by atoms with van der Waals surface area (Å²) in [6, 6.07) is 13.0. The molecule has 2 aliphatic heterocycles. The smallest absolute Gasteiger partial charge is 0.0456 e. The molecule has 0 aliphatic carbocycles. The average molecular weight is 255 g/mol. The van der Waals surface area contributed by atoms with Crippen LogP contribution in [0, 0.1) is 0 Å². The summed E-state index contributed by atoms with van der Waals surface area (Å²) in [6.45, 7) is 0.957. The maximum atomic E-state index is 3.73. The third kappa shape index (κ3) is 2.28. The number of benzene rings is 1. The van der Waals surface area contributed by atoms with Crippen molar-refractivity contribution in [1.82, 2.24) is 15.6 Å². The highest BCUT2D eigenvalue weighted by atomic mass is 15.0. The van der Waals surface area contributed by atoms with Gasteiger partial charge in [0, 0.05) is 35.9 Å². The first kappa shape index (κ1) is 11.5. The maximum Gasteiger partial charge on any atom is 0.0456 e. The van der Waals surface area contributed by atoms with Crippen molar-refractivity contribution < 1.29 is 0 Å². The van der Waals surface area contributed by atoms with Gasteiger partial charge in [0.2, 0.25) is 0 Å². The number of hydrogen-bond donors (Lipinski definition) is 3. The number of piperidine rings is 1. The van der Waals surface area contributed by atoms with E-state index in [9.17, 15) is 0 Å². The Morgan fingerprint density at radius 1 is 1.11 bits per heavy atom. The fourth-order valence-electron chi connectivity index (χ4n) is 3.71. The van der Waals surface area contributed by atoms with Gasteiger partial charge < -0.3 is 15.6 Å². The zero-order chi connectivity index (χ0) is 12.7. The van der Waals surface area contributed by atoms with Crippen LogP contribution in [0.1, 0.15) is 31.4 Å². The van der Waals surface area contributed by atoms with E-state index in [-0.39, 0.29) is 0 Å². The van der Waals surface area contributed by atoms with E-state index in [1.54, 1.807) is 0 Å². The predicted octanol–water partition coefficient (Wildman–Crippen LogP) is 2.54. The molecular weight excluding hydrogens is 234 g/mol. The highest BCUT2D eigenvalue weighted by molar-refractivity contribution is 5.80. The second-order valence-electron chi connectivity index (χ2n) is 6.07. The SMILES string of the molecule is c1ccc2[nH]c(CNC3CC4CCC(C3)N4)cc2c1. The largest absolute Gasteiger partial charge is 0.357 e. The summed E-state index contributed by atoms with van der Waals surface area (Å²) < 4.78 is 0. The van der Waals surface area contributed by atoms with Crippen LogP contribution in [0.3, 0.4) is 0 Å². The fraction of sp³-hybridized carbons (Fsp3) is 0.500. The molecule has 2 fully saturated rings. The first-order valence-electron chi connectivity index (χ1n) is 7.43. The van der Waals surface area contributed by atoms with E-state index in [1.807, 2.05) is 0 Å². The zero-order valence-electron chi connectivity index (χ0n) is 11.2. The zero-order valence-corrected chi connectivity index (χ0v) is 11.2. The number of H-pyrrole nitrogens is 1. The summed E-state index contributed by atoms with van der Waals surface area (Å²) in [5, 5.41) is 8.73. The Balaban J connectivity index is 1.41. The Morgan fingerprint density at radius 2 is 1.89 bits per heavy atom. The number of aromatic amines is 1. The van der Waals surface area contributed by atoms with Crippen LogP contribution in [0.5, 0.6) is 0 Å². The Hall–Kier alpha value is -1.32. The monoisotopic (exact) mass is 255 g/mol. The minimum absolute atomic E-state index is 0.685. The lowest BCUT2D eigenvalue weighted by molar-refractivity contribution is 0.316. The predicted molar refractivity (Wildman–Crippen MR) is 78.1 cm³/mol. The first-order valence-corrected chi connectivity index (χ1v) is 7.43. The Morgan fingerprint density at radius 3 is 2.68 bits per heavy atom. The molecule has 2 aliphatic rings. The van der Waals surface area contributed by atoms with Gasteiger partial charge in [0.15, 0.2) is 0 Å². The van der Waals surface area contributed by atoms with Crippen LogP contribution in [0.15, 0.2) is 30.3 Å². The van der Waals surface area contributed by atoms with Crippen LogP contribution >= 0.6 is 0 Å². The molecule has 1 aromatic carbocycles. The number of nitrogens with one attached hydrogen (secondary N) is 3. The first-order chi connectivity index (χ1) is 9.37. The van der Waals surface area contributed by atoms with Crippen molar-refractivity contribution in [2.75, 3.05) is 0 Å². The normalized spacial score (nSPS) is 30.0. The molecule has 100 valence electrons. The summed E-state index contributed by atoms with van der Waals surface area (Å²) in [5.74, 6) is 0. The Labute approximate surface area is 113 Å². The number of para-hydroxylation sites is 1. The number of rotatable bonds is 3. The van der Waals surface area contributed by atoms with E-state index in [4.69, 9.17) is 0 Å². The van der Waals surface area contributed by atoms with Gasteiger partial charge in [-0.05, 0) is 43.2 Å². The van der Waals surface area contributed by atoms with E-state index in [2.05, 4.69) is 45.9 Å². The lowest BCUT2D eigenvalue weighted by atomic mass is 10.00. The van der Waals surface area contributed by atoms with E-state index >= 15 is 0 Å². The third-order valence-corrected chi connectivity index (χ3v) is 4.64. The van der Waals surface area contributed by atoms with Crippen molar-refractivity contribution >= 4 is 10.9 Å². The van der Waals surface area contributed by atoms with Crippen LogP contribution in [0.4, 0.5) is 0 Å². The lowest BCUT2D eigenvalue weighted by Gasteiger charge is -2.29. The molecule has 1 aromatic heterocycles. The molecule has 2 saturated heterocycles. The van der Waals surface area contributed by atoms with Crippen LogP contribution in [0.25, 0.3) is 10.9 Å². The van der Waals surface area contributed by atoms with Gasteiger partial charge in [0.25, 0.3) is 0 Å². The van der Waals surface area contributed by atoms with Crippen LogP contribution in [-0.4, -0.2) is 23.1 Å². The van der Waals surface area contributed by atoms with Crippen molar-refractivity contribution in [3.8, 4) is 0 Å². The molecule has 3 N–H and O–H groups in total. The molecule has 3 heteroatoms. The molecule has 2 unspecified atom stereocenters. The molecule has 0 radical (unpaired) electrons. The van der Waals surface area contributed by atoms with Gasteiger partial charge >= 0.3 is 0 Å². The van der Waals surface area contributed by atoms with Crippen molar-refractivity contribution in [2.24, 2.45) is 0 Å². The molecule has 4 rings (SSSR count). The van der Waals surface area contributed by atoms with Gasteiger partial charge in [-0.15, -0.1) is 0 Å². The topological polar surface area (TPSA) is 39.9 Å². The number of aromatic nitrogens is 1. The van der Waals surface area contributed by atoms with Crippen molar-refractivity contribution in [3.63, 3.8) is 0 Å². The minimum Gasteiger partial charge on any atom is -0.357 e. The molecule has 19 heavy (non-hydrogen) atoms. The molecule has 0 spiro atoms. The number of hydrogen-bond acceptors (Lipinski definition) is 2. The quantitative estimate of drug-likeness (QED) is 0.789. The molecule has 3 heterocycles. The number of fused-ring (bicyclic) bond motifs is 3. The molecule has 2 atom stereocenters. The highest BCUT2D eigenvalue weighted by Crippen LogP contribution is 2.27. The summed E-state index contributed by atoms with van der Waals surface area (Å²) in [5.41, 5.74) is 2.54. The van der Waals surface area contributed by atoms with E-state index in [1.165, 1.54) is 42.3 Å². The van der Waals surface area contributed by atoms with Gasteiger partial charge in [-0.25, -0.2) is 0 Å².